The molecule has 4 nitrogen and oxygen atoms in total. The van der Waals surface area contributed by atoms with Gasteiger partial charge in [0.1, 0.15) is 12.7 Å². The van der Waals surface area contributed by atoms with E-state index in [1.165, 1.54) is 5.56 Å². The average molecular weight is 275 g/mol. The number of ether oxygens (including phenoxy) is 2. The Kier molecular flexibility index (Phi) is 3.76. The molecule has 1 aliphatic heterocycles. The van der Waals surface area contributed by atoms with Crippen LogP contribution in [0.5, 0.6) is 0 Å². The molecule has 2 aliphatic rings. The second kappa shape index (κ2) is 5.54. The fourth-order valence-corrected chi connectivity index (χ4v) is 2.84. The third-order valence-electron chi connectivity index (χ3n) is 4.12. The summed E-state index contributed by atoms with van der Waals surface area (Å²) in [7, 11) is 0. The molecule has 1 heterocycles. The van der Waals surface area contributed by atoms with Crippen molar-refractivity contribution in [1.29, 1.82) is 0 Å². The summed E-state index contributed by atoms with van der Waals surface area (Å²) >= 11 is 0. The first-order chi connectivity index (χ1) is 9.66. The molecule has 108 valence electrons. The molecule has 3 rings (SSSR count). The Balaban J connectivity index is 1.57. The van der Waals surface area contributed by atoms with Crippen molar-refractivity contribution in [2.45, 2.75) is 37.9 Å². The van der Waals surface area contributed by atoms with Gasteiger partial charge < -0.3 is 14.8 Å². The number of esters is 1. The first kappa shape index (κ1) is 13.6. The molecule has 1 aromatic carbocycles. The number of carbonyl (C=O) groups excluding carboxylic acids is 1. The minimum atomic E-state index is -0.264. The molecule has 1 aliphatic carbocycles. The molecule has 0 spiro atoms. The maximum atomic E-state index is 11.9. The highest BCUT2D eigenvalue weighted by Gasteiger charge is 2.33. The summed E-state index contributed by atoms with van der Waals surface area (Å²) in [5, 5.41) is 3.14. The molecule has 0 bridgehead atoms. The summed E-state index contributed by atoms with van der Waals surface area (Å²) in [5.74, 6) is -0.264. The fraction of sp³-hybridized carbons (Fsp3) is 0.562. The first-order valence-electron chi connectivity index (χ1n) is 7.28. The maximum absolute atomic E-state index is 11.9. The van der Waals surface area contributed by atoms with Gasteiger partial charge in [-0.15, -0.1) is 0 Å². The average Bonchev–Trinajstić information content (AvgIpc) is 2.43. The molecular formula is C16H21NO3. The van der Waals surface area contributed by atoms with Crippen molar-refractivity contribution in [2.24, 2.45) is 0 Å². The Labute approximate surface area is 119 Å². The second-order valence-electron chi connectivity index (χ2n) is 5.91. The van der Waals surface area contributed by atoms with Crippen molar-refractivity contribution in [1.82, 2.24) is 5.32 Å². The van der Waals surface area contributed by atoms with Gasteiger partial charge in [0.25, 0.3) is 0 Å². The van der Waals surface area contributed by atoms with Crippen LogP contribution >= 0.6 is 0 Å². The van der Waals surface area contributed by atoms with Crippen LogP contribution in [0.3, 0.4) is 0 Å². The summed E-state index contributed by atoms with van der Waals surface area (Å²) in [6.07, 6.45) is 2.94. The van der Waals surface area contributed by atoms with Gasteiger partial charge in [0, 0.05) is 13.1 Å². The molecule has 0 saturated carbocycles. The van der Waals surface area contributed by atoms with Gasteiger partial charge >= 0.3 is 5.97 Å². The lowest BCUT2D eigenvalue weighted by molar-refractivity contribution is -0.164. The van der Waals surface area contributed by atoms with Crippen LogP contribution in [0.1, 0.15) is 37.0 Å². The first-order valence-corrected chi connectivity index (χ1v) is 7.28. The van der Waals surface area contributed by atoms with Gasteiger partial charge in [-0.25, -0.2) is 4.79 Å². The lowest BCUT2D eigenvalue weighted by Gasteiger charge is -2.38. The Bertz CT molecular complexity index is 496. The zero-order chi connectivity index (χ0) is 14.0. The van der Waals surface area contributed by atoms with E-state index in [-0.39, 0.29) is 24.3 Å². The molecule has 0 aromatic heterocycles. The van der Waals surface area contributed by atoms with Crippen LogP contribution in [0.15, 0.2) is 24.3 Å². The van der Waals surface area contributed by atoms with Crippen LogP contribution in [-0.4, -0.2) is 31.3 Å². The van der Waals surface area contributed by atoms with E-state index in [0.29, 0.717) is 0 Å². The monoisotopic (exact) mass is 275 g/mol. The van der Waals surface area contributed by atoms with Crippen LogP contribution < -0.4 is 5.32 Å². The topological polar surface area (TPSA) is 47.6 Å². The van der Waals surface area contributed by atoms with Crippen LogP contribution in [0.25, 0.3) is 0 Å². The second-order valence-corrected chi connectivity index (χ2v) is 5.91. The van der Waals surface area contributed by atoms with Gasteiger partial charge in [0.15, 0.2) is 0 Å². The van der Waals surface area contributed by atoms with E-state index >= 15 is 0 Å². The number of fused-ring (bicyclic) bond motifs is 1. The van der Waals surface area contributed by atoms with E-state index in [0.717, 1.165) is 37.9 Å². The molecule has 1 N–H and O–H groups in total. The molecule has 0 amide bonds. The van der Waals surface area contributed by atoms with Gasteiger partial charge in [-0.3, -0.25) is 0 Å². The molecule has 1 aromatic rings. The highest BCUT2D eigenvalue weighted by molar-refractivity contribution is 5.71. The Morgan fingerprint density at radius 1 is 1.40 bits per heavy atom. The number of carbonyl (C=O) groups is 1. The molecule has 4 heteroatoms. The number of hydrogen-bond donors (Lipinski definition) is 1. The highest BCUT2D eigenvalue weighted by Crippen LogP contribution is 2.32. The predicted octanol–water partition coefficient (Wildman–Crippen LogP) is 1.99. The largest absolute Gasteiger partial charge is 0.456 e. The molecular weight excluding hydrogens is 254 g/mol. The van der Waals surface area contributed by atoms with Gasteiger partial charge in [-0.1, -0.05) is 24.3 Å². The standard InChI is InChI=1S/C16H21NO3/c1-16(10-17-11-16)19-9-15(18)20-14-8-4-6-12-5-2-3-7-13(12)14/h2-3,5,7,14,17H,4,6,8-11H2,1H3. The fourth-order valence-electron chi connectivity index (χ4n) is 2.84. The van der Waals surface area contributed by atoms with Crippen molar-refractivity contribution in [2.75, 3.05) is 19.7 Å². The minimum Gasteiger partial charge on any atom is -0.456 e. The van der Waals surface area contributed by atoms with E-state index in [9.17, 15) is 4.79 Å². The molecule has 1 fully saturated rings. The highest BCUT2D eigenvalue weighted by atomic mass is 16.6. The maximum Gasteiger partial charge on any atom is 0.332 e. The molecule has 1 unspecified atom stereocenters. The number of hydrogen-bond acceptors (Lipinski definition) is 4. The van der Waals surface area contributed by atoms with Gasteiger partial charge in [-0.2, -0.15) is 0 Å². The lowest BCUT2D eigenvalue weighted by atomic mass is 9.89. The van der Waals surface area contributed by atoms with Crippen molar-refractivity contribution < 1.29 is 14.3 Å². The summed E-state index contributed by atoms with van der Waals surface area (Å²) in [6.45, 7) is 3.64. The SMILES string of the molecule is CC1(OCC(=O)OC2CCCc3ccccc32)CNC1. The zero-order valence-corrected chi connectivity index (χ0v) is 11.9. The van der Waals surface area contributed by atoms with Crippen LogP contribution in [0, 0.1) is 0 Å². The summed E-state index contributed by atoms with van der Waals surface area (Å²) in [5.41, 5.74) is 2.25. The van der Waals surface area contributed by atoms with Crippen LogP contribution in [0.2, 0.25) is 0 Å². The number of benzene rings is 1. The lowest BCUT2D eigenvalue weighted by Crippen LogP contribution is -2.59. The van der Waals surface area contributed by atoms with Gasteiger partial charge in [0.05, 0.1) is 5.60 Å². The van der Waals surface area contributed by atoms with E-state index in [4.69, 9.17) is 9.47 Å². The third-order valence-corrected chi connectivity index (χ3v) is 4.12. The van der Waals surface area contributed by atoms with E-state index in [1.807, 2.05) is 19.1 Å². The summed E-state index contributed by atoms with van der Waals surface area (Å²) in [6, 6.07) is 8.22. The van der Waals surface area contributed by atoms with Gasteiger partial charge in [-0.05, 0) is 37.3 Å². The molecule has 1 saturated heterocycles. The number of aryl methyl sites for hydroxylation is 1. The Morgan fingerprint density at radius 3 is 2.95 bits per heavy atom. The molecule has 0 radical (unpaired) electrons. The van der Waals surface area contributed by atoms with E-state index in [2.05, 4.69) is 17.4 Å². The molecule has 20 heavy (non-hydrogen) atoms. The Morgan fingerprint density at radius 2 is 2.20 bits per heavy atom. The zero-order valence-electron chi connectivity index (χ0n) is 11.9. The van der Waals surface area contributed by atoms with Crippen LogP contribution in [-0.2, 0) is 20.7 Å². The van der Waals surface area contributed by atoms with Crippen LogP contribution in [0.4, 0.5) is 0 Å². The van der Waals surface area contributed by atoms with Crippen molar-refractivity contribution >= 4 is 5.97 Å². The Hall–Kier alpha value is -1.39. The number of rotatable bonds is 4. The molecule has 1 atom stereocenters. The van der Waals surface area contributed by atoms with Crippen molar-refractivity contribution in [3.05, 3.63) is 35.4 Å². The number of nitrogens with one attached hydrogen (secondary N) is 1. The summed E-state index contributed by atoms with van der Waals surface area (Å²) in [4.78, 5) is 11.9. The smallest absolute Gasteiger partial charge is 0.332 e. The van der Waals surface area contributed by atoms with Crippen molar-refractivity contribution in [3.8, 4) is 0 Å². The quantitative estimate of drug-likeness (QED) is 0.854. The minimum absolute atomic E-state index is 0.0385. The van der Waals surface area contributed by atoms with Gasteiger partial charge in [0.2, 0.25) is 0 Å². The third kappa shape index (κ3) is 2.86. The summed E-state index contributed by atoms with van der Waals surface area (Å²) < 4.78 is 11.2. The van der Waals surface area contributed by atoms with E-state index < -0.39 is 0 Å². The van der Waals surface area contributed by atoms with Crippen molar-refractivity contribution in [3.63, 3.8) is 0 Å². The van der Waals surface area contributed by atoms with E-state index in [1.54, 1.807) is 0 Å². The predicted molar refractivity (Wildman–Crippen MR) is 75.4 cm³/mol. The normalized spacial score (nSPS) is 23.6.